The second-order valence-electron chi connectivity index (χ2n) is 10.2. The molecule has 1 saturated carbocycles. The fourth-order valence-electron chi connectivity index (χ4n) is 6.21. The zero-order valence-electron chi connectivity index (χ0n) is 19.7. The second kappa shape index (κ2) is 10.0. The molecule has 1 aliphatic carbocycles. The minimum absolute atomic E-state index is 0.0235. The number of fused-ring (bicyclic) bond motifs is 5. The number of amides is 2. The summed E-state index contributed by atoms with van der Waals surface area (Å²) in [5, 5.41) is 3.30. The quantitative estimate of drug-likeness (QED) is 0.743. The molecule has 7 nitrogen and oxygen atoms in total. The summed E-state index contributed by atoms with van der Waals surface area (Å²) < 4.78 is 12.5. The Labute approximate surface area is 196 Å². The predicted molar refractivity (Wildman–Crippen MR) is 125 cm³/mol. The number of likely N-dealkylation sites (N-methyl/N-ethyl adjacent to an activating group) is 1. The number of likely N-dealkylation sites (tertiary alicyclic amines) is 1. The van der Waals surface area contributed by atoms with E-state index < -0.39 is 0 Å². The molecule has 1 aromatic rings. The van der Waals surface area contributed by atoms with Crippen molar-refractivity contribution >= 4 is 11.8 Å². The van der Waals surface area contributed by atoms with Crippen LogP contribution in [0.5, 0.6) is 5.75 Å². The van der Waals surface area contributed by atoms with E-state index in [1.165, 1.54) is 5.56 Å². The first-order valence-corrected chi connectivity index (χ1v) is 12.7. The number of hydrogen-bond donors (Lipinski definition) is 1. The van der Waals surface area contributed by atoms with E-state index in [1.54, 1.807) is 0 Å². The van der Waals surface area contributed by atoms with E-state index in [1.807, 2.05) is 24.1 Å². The van der Waals surface area contributed by atoms with Crippen LogP contribution in [-0.4, -0.2) is 79.2 Å². The number of nitrogens with zero attached hydrogens (tertiary/aromatic N) is 2. The van der Waals surface area contributed by atoms with Crippen molar-refractivity contribution in [2.24, 2.45) is 0 Å². The minimum Gasteiger partial charge on any atom is -0.483 e. The van der Waals surface area contributed by atoms with E-state index in [-0.39, 0.29) is 42.7 Å². The fraction of sp³-hybridized carbons (Fsp3) is 0.692. The molecule has 7 heteroatoms. The Morgan fingerprint density at radius 3 is 2.61 bits per heavy atom. The third-order valence-electron chi connectivity index (χ3n) is 8.14. The highest BCUT2D eigenvalue weighted by Crippen LogP contribution is 2.39. The van der Waals surface area contributed by atoms with Crippen LogP contribution in [0.3, 0.4) is 0 Å². The van der Waals surface area contributed by atoms with Crippen LogP contribution in [0, 0.1) is 0 Å². The Kier molecular flexibility index (Phi) is 6.88. The number of nitrogens with one attached hydrogen (secondary N) is 1. The van der Waals surface area contributed by atoms with E-state index in [0.29, 0.717) is 19.1 Å². The lowest BCUT2D eigenvalue weighted by atomic mass is 9.82. The van der Waals surface area contributed by atoms with Gasteiger partial charge in [-0.2, -0.15) is 0 Å². The SMILES string of the molecule is CN1CCCC1C(=O)N[C@H]1CCCN2C(=O)COc3ccccc3C3CCC(CC3)OCC12. The summed E-state index contributed by atoms with van der Waals surface area (Å²) in [6, 6.07) is 7.85. The van der Waals surface area contributed by atoms with Crippen molar-refractivity contribution in [1.82, 2.24) is 15.1 Å². The first kappa shape index (κ1) is 22.7. The number of carbonyl (C=O) groups is 2. The van der Waals surface area contributed by atoms with Crippen molar-refractivity contribution in [2.45, 2.75) is 81.5 Å². The van der Waals surface area contributed by atoms with Gasteiger partial charge in [-0.1, -0.05) is 18.2 Å². The van der Waals surface area contributed by atoms with Crippen LogP contribution in [0.25, 0.3) is 0 Å². The van der Waals surface area contributed by atoms with E-state index in [2.05, 4.69) is 22.3 Å². The summed E-state index contributed by atoms with van der Waals surface area (Å²) >= 11 is 0. The molecule has 180 valence electrons. The molecule has 3 atom stereocenters. The van der Waals surface area contributed by atoms with E-state index in [4.69, 9.17) is 9.47 Å². The lowest BCUT2D eigenvalue weighted by Gasteiger charge is -2.42. The molecule has 5 aliphatic rings. The molecule has 0 radical (unpaired) electrons. The van der Waals surface area contributed by atoms with Gasteiger partial charge in [0.05, 0.1) is 30.8 Å². The topological polar surface area (TPSA) is 71.1 Å². The summed E-state index contributed by atoms with van der Waals surface area (Å²) in [7, 11) is 2.02. The number of para-hydroxylation sites is 1. The van der Waals surface area contributed by atoms with Gasteiger partial charge >= 0.3 is 0 Å². The van der Waals surface area contributed by atoms with Gasteiger partial charge in [-0.15, -0.1) is 0 Å². The zero-order valence-corrected chi connectivity index (χ0v) is 19.7. The van der Waals surface area contributed by atoms with Crippen LogP contribution in [0.1, 0.15) is 62.8 Å². The molecule has 6 rings (SSSR count). The van der Waals surface area contributed by atoms with Gasteiger partial charge < -0.3 is 19.7 Å². The number of hydrogen-bond acceptors (Lipinski definition) is 5. The summed E-state index contributed by atoms with van der Waals surface area (Å²) in [6.07, 6.45) is 8.08. The molecule has 33 heavy (non-hydrogen) atoms. The number of rotatable bonds is 2. The van der Waals surface area contributed by atoms with Gasteiger partial charge in [0.1, 0.15) is 5.75 Å². The molecule has 1 N–H and O–H groups in total. The van der Waals surface area contributed by atoms with Crippen LogP contribution in [0.2, 0.25) is 0 Å². The van der Waals surface area contributed by atoms with Crippen molar-refractivity contribution in [2.75, 3.05) is 33.4 Å². The van der Waals surface area contributed by atoms with Gasteiger partial charge in [-0.05, 0) is 82.5 Å². The van der Waals surface area contributed by atoms with Crippen LogP contribution >= 0.6 is 0 Å². The molecule has 2 bridgehead atoms. The summed E-state index contributed by atoms with van der Waals surface area (Å²) in [5.41, 5.74) is 1.21. The predicted octanol–water partition coefficient (Wildman–Crippen LogP) is 2.69. The van der Waals surface area contributed by atoms with Gasteiger partial charge in [0, 0.05) is 6.54 Å². The van der Waals surface area contributed by atoms with Crippen molar-refractivity contribution in [3.05, 3.63) is 29.8 Å². The molecule has 2 unspecified atom stereocenters. The normalized spacial score (nSPS) is 33.2. The Bertz CT molecular complexity index is 854. The molecular weight excluding hydrogens is 418 g/mol. The average molecular weight is 456 g/mol. The maximum atomic E-state index is 13.3. The Balaban J connectivity index is 1.36. The third kappa shape index (κ3) is 4.90. The molecule has 2 saturated heterocycles. The van der Waals surface area contributed by atoms with Crippen molar-refractivity contribution < 1.29 is 19.1 Å². The van der Waals surface area contributed by atoms with Gasteiger partial charge in [-0.3, -0.25) is 14.5 Å². The summed E-state index contributed by atoms with van der Waals surface area (Å²) in [5.74, 6) is 1.34. The monoisotopic (exact) mass is 455 g/mol. The van der Waals surface area contributed by atoms with Gasteiger partial charge in [0.25, 0.3) is 5.91 Å². The second-order valence-corrected chi connectivity index (χ2v) is 10.2. The molecule has 0 spiro atoms. The molecular formula is C26H37N3O4. The number of piperidine rings is 1. The highest BCUT2D eigenvalue weighted by atomic mass is 16.5. The standard InChI is InChI=1S/C26H37N3O4/c1-28-14-5-8-22(28)26(31)27-21-7-4-15-29-23(21)16-32-19-12-10-18(11-13-19)20-6-2-3-9-24(20)33-17-25(29)30/h2-3,6,9,18-19,21-23H,4-5,7-8,10-17H2,1H3,(H,27,31)/t18?,19?,21-,22?,23?/m0/s1. The molecule has 3 fully saturated rings. The first-order valence-electron chi connectivity index (χ1n) is 12.7. The largest absolute Gasteiger partial charge is 0.483 e. The van der Waals surface area contributed by atoms with Crippen LogP contribution in [0.15, 0.2) is 24.3 Å². The lowest BCUT2D eigenvalue weighted by Crippen LogP contribution is -2.61. The Hall–Kier alpha value is -2.12. The van der Waals surface area contributed by atoms with E-state index >= 15 is 0 Å². The Morgan fingerprint density at radius 2 is 1.82 bits per heavy atom. The number of ether oxygens (including phenoxy) is 2. The third-order valence-corrected chi connectivity index (χ3v) is 8.14. The van der Waals surface area contributed by atoms with Crippen molar-refractivity contribution in [3.8, 4) is 5.75 Å². The minimum atomic E-state index is -0.153. The average Bonchev–Trinajstić information content (AvgIpc) is 3.28. The lowest BCUT2D eigenvalue weighted by molar-refractivity contribution is -0.142. The van der Waals surface area contributed by atoms with E-state index in [9.17, 15) is 9.59 Å². The van der Waals surface area contributed by atoms with Crippen LogP contribution in [0.4, 0.5) is 0 Å². The molecule has 4 aliphatic heterocycles. The fourth-order valence-corrected chi connectivity index (χ4v) is 6.21. The maximum absolute atomic E-state index is 13.3. The van der Waals surface area contributed by atoms with E-state index in [0.717, 1.165) is 63.7 Å². The van der Waals surface area contributed by atoms with Crippen molar-refractivity contribution in [3.63, 3.8) is 0 Å². The van der Waals surface area contributed by atoms with Crippen molar-refractivity contribution in [1.29, 1.82) is 0 Å². The molecule has 1 aromatic carbocycles. The number of benzene rings is 1. The highest BCUT2D eigenvalue weighted by molar-refractivity contribution is 5.83. The summed E-state index contributed by atoms with van der Waals surface area (Å²) in [6.45, 7) is 2.14. The number of carbonyl (C=O) groups excluding carboxylic acids is 2. The first-order chi connectivity index (χ1) is 16.1. The van der Waals surface area contributed by atoms with Crippen LogP contribution < -0.4 is 10.1 Å². The molecule has 4 heterocycles. The Morgan fingerprint density at radius 1 is 1.03 bits per heavy atom. The molecule has 2 amide bonds. The molecule has 0 aromatic heterocycles. The van der Waals surface area contributed by atoms with Crippen LogP contribution in [-0.2, 0) is 14.3 Å². The van der Waals surface area contributed by atoms with Gasteiger partial charge in [-0.25, -0.2) is 0 Å². The maximum Gasteiger partial charge on any atom is 0.260 e. The smallest absolute Gasteiger partial charge is 0.260 e. The highest BCUT2D eigenvalue weighted by Gasteiger charge is 2.39. The summed E-state index contributed by atoms with van der Waals surface area (Å²) in [4.78, 5) is 30.4. The van der Waals surface area contributed by atoms with Gasteiger partial charge in [0.15, 0.2) is 6.61 Å². The van der Waals surface area contributed by atoms with Gasteiger partial charge in [0.2, 0.25) is 5.91 Å². The zero-order chi connectivity index (χ0) is 22.8.